The minimum Gasteiger partial charge on any atom is -0.379 e. The number of aryl methyl sites for hydroxylation is 2. The van der Waals surface area contributed by atoms with Gasteiger partial charge in [0.2, 0.25) is 0 Å². The van der Waals surface area contributed by atoms with Crippen molar-refractivity contribution in [3.8, 4) is 5.75 Å². The van der Waals surface area contributed by atoms with Gasteiger partial charge in [-0.15, -0.1) is 0 Å². The summed E-state index contributed by atoms with van der Waals surface area (Å²) in [6.45, 7) is 3.54. The van der Waals surface area contributed by atoms with Crippen LogP contribution in [0.2, 0.25) is 0 Å². The summed E-state index contributed by atoms with van der Waals surface area (Å²) in [5, 5.41) is 0. The summed E-state index contributed by atoms with van der Waals surface area (Å²) in [4.78, 5) is -1.17. The molecular formula is C20H19NO8S3. The van der Waals surface area contributed by atoms with Gasteiger partial charge in [-0.1, -0.05) is 35.4 Å². The van der Waals surface area contributed by atoms with E-state index in [2.05, 4.69) is 4.72 Å². The summed E-state index contributed by atoms with van der Waals surface area (Å²) in [6.07, 6.45) is 0. The van der Waals surface area contributed by atoms with E-state index in [1.165, 1.54) is 24.3 Å². The normalized spacial score (nSPS) is 12.3. The molecule has 0 atom stereocenters. The molecule has 0 radical (unpaired) electrons. The minimum absolute atomic E-state index is 0.133. The van der Waals surface area contributed by atoms with Gasteiger partial charge < -0.3 is 4.18 Å². The van der Waals surface area contributed by atoms with E-state index in [0.717, 1.165) is 23.3 Å². The lowest BCUT2D eigenvalue weighted by atomic mass is 10.2. The highest BCUT2D eigenvalue weighted by molar-refractivity contribution is 7.93. The van der Waals surface area contributed by atoms with Crippen molar-refractivity contribution in [3.05, 3.63) is 77.9 Å². The second-order valence-corrected chi connectivity index (χ2v) is 11.5. The van der Waals surface area contributed by atoms with Gasteiger partial charge in [-0.25, -0.2) is 8.42 Å². The molecule has 0 aliphatic rings. The fourth-order valence-corrected chi connectivity index (χ4v) is 5.38. The first kappa shape index (κ1) is 23.7. The van der Waals surface area contributed by atoms with E-state index in [9.17, 15) is 29.8 Å². The number of hydrogen-bond donors (Lipinski definition) is 2. The highest BCUT2D eigenvalue weighted by Crippen LogP contribution is 2.30. The molecule has 32 heavy (non-hydrogen) atoms. The Morgan fingerprint density at radius 2 is 1.22 bits per heavy atom. The number of benzene rings is 3. The van der Waals surface area contributed by atoms with Crippen molar-refractivity contribution in [2.45, 2.75) is 28.5 Å². The van der Waals surface area contributed by atoms with Gasteiger partial charge in [0.1, 0.15) is 15.5 Å². The Kier molecular flexibility index (Phi) is 6.33. The number of hydrogen-bond acceptors (Lipinski definition) is 7. The van der Waals surface area contributed by atoms with E-state index < -0.39 is 46.6 Å². The molecule has 0 saturated heterocycles. The van der Waals surface area contributed by atoms with Crippen molar-refractivity contribution in [2.24, 2.45) is 0 Å². The molecular weight excluding hydrogens is 478 g/mol. The number of sulfonamides is 1. The van der Waals surface area contributed by atoms with Crippen molar-refractivity contribution >= 4 is 35.9 Å². The van der Waals surface area contributed by atoms with Crippen molar-refractivity contribution in [1.82, 2.24) is 0 Å². The van der Waals surface area contributed by atoms with Crippen LogP contribution in [-0.2, 0) is 30.3 Å². The van der Waals surface area contributed by atoms with Gasteiger partial charge in [0.15, 0.2) is 0 Å². The fourth-order valence-electron chi connectivity index (χ4n) is 2.65. The Labute approximate surface area is 186 Å². The van der Waals surface area contributed by atoms with Crippen LogP contribution in [0.15, 0.2) is 81.4 Å². The molecule has 0 fully saturated rings. The first-order valence-corrected chi connectivity index (χ1v) is 13.3. The van der Waals surface area contributed by atoms with E-state index in [1.807, 2.05) is 0 Å². The van der Waals surface area contributed by atoms with Crippen molar-refractivity contribution in [3.63, 3.8) is 0 Å². The molecule has 3 aromatic rings. The lowest BCUT2D eigenvalue weighted by Crippen LogP contribution is -2.16. The van der Waals surface area contributed by atoms with Gasteiger partial charge in [-0.05, 0) is 50.2 Å². The molecule has 0 heterocycles. The molecule has 0 aliphatic heterocycles. The van der Waals surface area contributed by atoms with E-state index in [1.54, 1.807) is 38.1 Å². The summed E-state index contributed by atoms with van der Waals surface area (Å²) in [5.41, 5.74) is 1.16. The van der Waals surface area contributed by atoms with E-state index >= 15 is 0 Å². The van der Waals surface area contributed by atoms with E-state index in [-0.39, 0.29) is 9.79 Å². The van der Waals surface area contributed by atoms with Gasteiger partial charge in [0, 0.05) is 6.07 Å². The molecule has 0 amide bonds. The Hall–Kier alpha value is -2.93. The van der Waals surface area contributed by atoms with E-state index in [4.69, 9.17) is 4.18 Å². The van der Waals surface area contributed by atoms with Crippen molar-refractivity contribution in [2.75, 3.05) is 4.72 Å². The molecule has 9 nitrogen and oxygen atoms in total. The van der Waals surface area contributed by atoms with Crippen LogP contribution in [-0.4, -0.2) is 29.8 Å². The van der Waals surface area contributed by atoms with Crippen LogP contribution in [0.5, 0.6) is 5.75 Å². The first-order chi connectivity index (χ1) is 14.8. The molecule has 12 heteroatoms. The summed E-state index contributed by atoms with van der Waals surface area (Å²) in [6, 6.07) is 14.3. The highest BCUT2D eigenvalue weighted by Gasteiger charge is 2.24. The van der Waals surface area contributed by atoms with Crippen LogP contribution >= 0.6 is 0 Å². The topological polar surface area (TPSA) is 144 Å². The third-order valence-electron chi connectivity index (χ3n) is 4.32. The molecule has 3 rings (SSSR count). The van der Waals surface area contributed by atoms with Crippen LogP contribution in [0.1, 0.15) is 11.1 Å². The van der Waals surface area contributed by atoms with Crippen molar-refractivity contribution < 1.29 is 34.0 Å². The highest BCUT2D eigenvalue weighted by atomic mass is 32.2. The number of nitrogens with one attached hydrogen (secondary N) is 1. The molecule has 0 aliphatic carbocycles. The lowest BCUT2D eigenvalue weighted by Gasteiger charge is -2.13. The van der Waals surface area contributed by atoms with Crippen LogP contribution in [0.3, 0.4) is 0 Å². The molecule has 0 spiro atoms. The summed E-state index contributed by atoms with van der Waals surface area (Å²) < 4.78 is 90.5. The third kappa shape index (κ3) is 5.46. The predicted octanol–water partition coefficient (Wildman–Crippen LogP) is 3.12. The molecule has 170 valence electrons. The quantitative estimate of drug-likeness (QED) is 0.374. The van der Waals surface area contributed by atoms with Crippen LogP contribution in [0, 0.1) is 13.8 Å². The summed E-state index contributed by atoms with van der Waals surface area (Å²) in [5.74, 6) is -0.434. The Morgan fingerprint density at radius 1 is 0.719 bits per heavy atom. The SMILES string of the molecule is Cc1ccc(S(=O)(=O)Nc2ccc(OS(=O)(=O)c3ccc(C)cc3)cc2S(=O)(=O)O)cc1. The first-order valence-electron chi connectivity index (χ1n) is 9.00. The maximum atomic E-state index is 12.6. The molecule has 0 bridgehead atoms. The number of anilines is 1. The third-order valence-corrected chi connectivity index (χ3v) is 7.86. The predicted molar refractivity (Wildman–Crippen MR) is 117 cm³/mol. The van der Waals surface area contributed by atoms with Crippen LogP contribution in [0.4, 0.5) is 5.69 Å². The Morgan fingerprint density at radius 3 is 1.72 bits per heavy atom. The second kappa shape index (κ2) is 8.54. The van der Waals surface area contributed by atoms with Gasteiger partial charge in [0.25, 0.3) is 20.1 Å². The maximum Gasteiger partial charge on any atom is 0.339 e. The average Bonchev–Trinajstić information content (AvgIpc) is 2.68. The van der Waals surface area contributed by atoms with Gasteiger partial charge in [-0.3, -0.25) is 9.27 Å². The van der Waals surface area contributed by atoms with Crippen LogP contribution in [0.25, 0.3) is 0 Å². The van der Waals surface area contributed by atoms with Gasteiger partial charge in [0.05, 0.1) is 10.6 Å². The summed E-state index contributed by atoms with van der Waals surface area (Å²) in [7, 11) is -13.4. The zero-order valence-electron chi connectivity index (χ0n) is 16.9. The Bertz CT molecular complexity index is 1460. The minimum atomic E-state index is -4.94. The average molecular weight is 498 g/mol. The lowest BCUT2D eigenvalue weighted by molar-refractivity contribution is 0.476. The van der Waals surface area contributed by atoms with E-state index in [0.29, 0.717) is 6.07 Å². The Balaban J connectivity index is 1.98. The monoisotopic (exact) mass is 497 g/mol. The molecule has 0 aromatic heterocycles. The van der Waals surface area contributed by atoms with Crippen LogP contribution < -0.4 is 8.91 Å². The molecule has 2 N–H and O–H groups in total. The summed E-state index contributed by atoms with van der Waals surface area (Å²) >= 11 is 0. The molecule has 0 unspecified atom stereocenters. The number of rotatable bonds is 7. The van der Waals surface area contributed by atoms with Gasteiger partial charge in [-0.2, -0.15) is 16.8 Å². The maximum absolute atomic E-state index is 12.6. The fraction of sp³-hybridized carbons (Fsp3) is 0.100. The second-order valence-electron chi connectivity index (χ2n) is 6.90. The van der Waals surface area contributed by atoms with Gasteiger partial charge >= 0.3 is 10.1 Å². The smallest absolute Gasteiger partial charge is 0.339 e. The van der Waals surface area contributed by atoms with Crippen molar-refractivity contribution in [1.29, 1.82) is 0 Å². The standard InChI is InChI=1S/C20H19NO8S3/c1-14-3-8-17(9-4-14)30(22,23)21-19-12-7-16(13-20(19)31(24,25)26)29-32(27,28)18-10-5-15(2)6-11-18/h3-13,21H,1-2H3,(H,24,25,26). The zero-order chi connectivity index (χ0) is 23.7. The molecule has 3 aromatic carbocycles. The largest absolute Gasteiger partial charge is 0.379 e. The zero-order valence-corrected chi connectivity index (χ0v) is 19.3. The molecule has 0 saturated carbocycles.